The molecule has 0 aliphatic carbocycles. The zero-order chi connectivity index (χ0) is 12.3. The fraction of sp³-hybridized carbons (Fsp3) is 0.385. The number of ketones is 1. The average Bonchev–Trinajstić information content (AvgIpc) is 2.31. The van der Waals surface area contributed by atoms with Gasteiger partial charge in [0.15, 0.2) is 5.78 Å². The lowest BCUT2D eigenvalue weighted by Crippen LogP contribution is -2.24. The molecule has 4 nitrogen and oxygen atoms in total. The second-order valence-corrected chi connectivity index (χ2v) is 4.15. The van der Waals surface area contributed by atoms with E-state index in [2.05, 4.69) is 15.6 Å². The van der Waals surface area contributed by atoms with Crippen molar-refractivity contribution in [1.29, 1.82) is 0 Å². The predicted octanol–water partition coefficient (Wildman–Crippen LogP) is 1.28. The van der Waals surface area contributed by atoms with Crippen LogP contribution >= 0.6 is 0 Å². The maximum absolute atomic E-state index is 12.0. The summed E-state index contributed by atoms with van der Waals surface area (Å²) in [5.41, 5.74) is 3.57. The van der Waals surface area contributed by atoms with Crippen molar-refractivity contribution in [3.63, 3.8) is 0 Å². The van der Waals surface area contributed by atoms with Gasteiger partial charge in [-0.3, -0.25) is 9.79 Å². The number of para-hydroxylation sites is 1. The van der Waals surface area contributed by atoms with Crippen LogP contribution in [0.25, 0.3) is 0 Å². The van der Waals surface area contributed by atoms with Crippen molar-refractivity contribution >= 4 is 17.2 Å². The highest BCUT2D eigenvalue weighted by Crippen LogP contribution is 2.29. The summed E-state index contributed by atoms with van der Waals surface area (Å²) < 4.78 is 0. The minimum Gasteiger partial charge on any atom is -0.316 e. The van der Waals surface area contributed by atoms with Crippen molar-refractivity contribution < 1.29 is 4.79 Å². The van der Waals surface area contributed by atoms with Gasteiger partial charge in [-0.25, -0.2) is 0 Å². The molecule has 0 atom stereocenters. The molecular formula is C13H17N3O. The van der Waals surface area contributed by atoms with Gasteiger partial charge in [0.25, 0.3) is 0 Å². The molecule has 0 aromatic heterocycles. The van der Waals surface area contributed by atoms with Crippen molar-refractivity contribution in [2.75, 3.05) is 20.6 Å². The summed E-state index contributed by atoms with van der Waals surface area (Å²) in [6.45, 7) is 1.39. The highest BCUT2D eigenvalue weighted by molar-refractivity contribution is 6.16. The van der Waals surface area contributed by atoms with Gasteiger partial charge >= 0.3 is 0 Å². The van der Waals surface area contributed by atoms with E-state index < -0.39 is 0 Å². The Hall–Kier alpha value is -1.52. The third-order valence-corrected chi connectivity index (χ3v) is 2.80. The Morgan fingerprint density at radius 2 is 2.00 bits per heavy atom. The van der Waals surface area contributed by atoms with Crippen LogP contribution in [0.2, 0.25) is 0 Å². The summed E-state index contributed by atoms with van der Waals surface area (Å²) in [6.07, 6.45) is 0.427. The Balaban J connectivity index is 2.45. The number of hydrogen-bond acceptors (Lipinski definition) is 4. The van der Waals surface area contributed by atoms with Crippen LogP contribution in [0.3, 0.4) is 0 Å². The van der Waals surface area contributed by atoms with Gasteiger partial charge in [0.1, 0.15) is 0 Å². The monoisotopic (exact) mass is 231 g/mol. The first-order chi connectivity index (χ1) is 8.26. The van der Waals surface area contributed by atoms with Crippen molar-refractivity contribution in [3.05, 3.63) is 29.3 Å². The van der Waals surface area contributed by atoms with E-state index in [-0.39, 0.29) is 5.78 Å². The summed E-state index contributed by atoms with van der Waals surface area (Å²) in [6, 6.07) is 5.78. The molecular weight excluding hydrogens is 214 g/mol. The van der Waals surface area contributed by atoms with Crippen LogP contribution in [-0.4, -0.2) is 32.1 Å². The van der Waals surface area contributed by atoms with E-state index in [4.69, 9.17) is 0 Å². The molecule has 0 fully saturated rings. The molecule has 2 rings (SSSR count). The van der Waals surface area contributed by atoms with Crippen LogP contribution < -0.4 is 10.6 Å². The highest BCUT2D eigenvalue weighted by atomic mass is 16.1. The van der Waals surface area contributed by atoms with Gasteiger partial charge in [0, 0.05) is 24.4 Å². The van der Waals surface area contributed by atoms with Gasteiger partial charge < -0.3 is 10.6 Å². The molecule has 0 saturated carbocycles. The third kappa shape index (κ3) is 2.43. The standard InChI is InChI=1S/C13H17N3O/c1-14-7-9-4-3-5-11-12(17)6-10(8-15-2)16-13(9)11/h3-5,14-15H,6-8H2,1-2H3. The molecule has 1 aromatic carbocycles. The molecule has 4 heteroatoms. The number of benzene rings is 1. The molecule has 0 unspecified atom stereocenters. The van der Waals surface area contributed by atoms with E-state index in [0.29, 0.717) is 13.0 Å². The molecule has 2 N–H and O–H groups in total. The van der Waals surface area contributed by atoms with Gasteiger partial charge in [0.2, 0.25) is 0 Å². The minimum absolute atomic E-state index is 0.165. The van der Waals surface area contributed by atoms with E-state index in [1.807, 2.05) is 32.3 Å². The molecule has 0 saturated heterocycles. The molecule has 1 aliphatic rings. The SMILES string of the molecule is CNCC1=Nc2c(CNC)cccc2C(=O)C1. The fourth-order valence-corrected chi connectivity index (χ4v) is 2.07. The molecule has 0 spiro atoms. The number of aliphatic imine (C=N–C) groups is 1. The van der Waals surface area contributed by atoms with Crippen LogP contribution in [0.4, 0.5) is 5.69 Å². The number of fused-ring (bicyclic) bond motifs is 1. The first kappa shape index (κ1) is 12.0. The molecule has 0 amide bonds. The summed E-state index contributed by atoms with van der Waals surface area (Å²) in [4.78, 5) is 16.6. The molecule has 1 aromatic rings. The first-order valence-corrected chi connectivity index (χ1v) is 5.77. The second-order valence-electron chi connectivity index (χ2n) is 4.15. The third-order valence-electron chi connectivity index (χ3n) is 2.80. The molecule has 0 bridgehead atoms. The van der Waals surface area contributed by atoms with Gasteiger partial charge in [-0.15, -0.1) is 0 Å². The van der Waals surface area contributed by atoms with E-state index in [1.54, 1.807) is 0 Å². The summed E-state index contributed by atoms with van der Waals surface area (Å²) >= 11 is 0. The van der Waals surface area contributed by atoms with Gasteiger partial charge in [-0.2, -0.15) is 0 Å². The Kier molecular flexibility index (Phi) is 3.66. The minimum atomic E-state index is 0.165. The predicted molar refractivity (Wildman–Crippen MR) is 69.2 cm³/mol. The number of nitrogens with zero attached hydrogens (tertiary/aromatic N) is 1. The number of carbonyl (C=O) groups is 1. The molecule has 0 radical (unpaired) electrons. The van der Waals surface area contributed by atoms with Gasteiger partial charge in [-0.1, -0.05) is 12.1 Å². The van der Waals surface area contributed by atoms with Crippen LogP contribution in [-0.2, 0) is 6.54 Å². The van der Waals surface area contributed by atoms with Crippen LogP contribution in [0.15, 0.2) is 23.2 Å². The zero-order valence-corrected chi connectivity index (χ0v) is 10.2. The maximum Gasteiger partial charge on any atom is 0.170 e. The molecule has 90 valence electrons. The van der Waals surface area contributed by atoms with Crippen LogP contribution in [0, 0.1) is 0 Å². The second kappa shape index (κ2) is 5.21. The fourth-order valence-electron chi connectivity index (χ4n) is 2.07. The summed E-state index contributed by atoms with van der Waals surface area (Å²) in [7, 11) is 3.75. The van der Waals surface area contributed by atoms with Crippen LogP contribution in [0.1, 0.15) is 22.3 Å². The topological polar surface area (TPSA) is 53.5 Å². The number of Topliss-reactive ketones (excluding diaryl/α,β-unsaturated/α-hetero) is 1. The number of carbonyl (C=O) groups excluding carboxylic acids is 1. The van der Waals surface area contributed by atoms with Gasteiger partial charge in [-0.05, 0) is 25.7 Å². The Labute approximate surface area is 101 Å². The Bertz CT molecular complexity index is 466. The normalized spacial score (nSPS) is 14.5. The maximum atomic E-state index is 12.0. The summed E-state index contributed by atoms with van der Waals surface area (Å²) in [5, 5.41) is 6.14. The van der Waals surface area contributed by atoms with E-state index >= 15 is 0 Å². The largest absolute Gasteiger partial charge is 0.316 e. The van der Waals surface area contributed by atoms with E-state index in [0.717, 1.165) is 29.1 Å². The molecule has 1 heterocycles. The van der Waals surface area contributed by atoms with E-state index in [9.17, 15) is 4.79 Å². The molecule has 17 heavy (non-hydrogen) atoms. The lowest BCUT2D eigenvalue weighted by atomic mass is 9.97. The molecule has 1 aliphatic heterocycles. The average molecular weight is 231 g/mol. The highest BCUT2D eigenvalue weighted by Gasteiger charge is 2.21. The lowest BCUT2D eigenvalue weighted by Gasteiger charge is -2.17. The van der Waals surface area contributed by atoms with Crippen molar-refractivity contribution in [1.82, 2.24) is 10.6 Å². The van der Waals surface area contributed by atoms with Crippen LogP contribution in [0.5, 0.6) is 0 Å². The van der Waals surface area contributed by atoms with Crippen molar-refractivity contribution in [2.24, 2.45) is 4.99 Å². The van der Waals surface area contributed by atoms with E-state index in [1.165, 1.54) is 0 Å². The number of rotatable bonds is 4. The smallest absolute Gasteiger partial charge is 0.170 e. The van der Waals surface area contributed by atoms with Gasteiger partial charge in [0.05, 0.1) is 12.1 Å². The Morgan fingerprint density at radius 3 is 2.71 bits per heavy atom. The number of nitrogens with one attached hydrogen (secondary N) is 2. The van der Waals surface area contributed by atoms with Crippen molar-refractivity contribution in [3.8, 4) is 0 Å². The van der Waals surface area contributed by atoms with Crippen molar-refractivity contribution in [2.45, 2.75) is 13.0 Å². The zero-order valence-electron chi connectivity index (χ0n) is 10.2. The summed E-state index contributed by atoms with van der Waals surface area (Å²) in [5.74, 6) is 0.165. The quantitative estimate of drug-likeness (QED) is 0.821. The number of hydrogen-bond donors (Lipinski definition) is 2. The Morgan fingerprint density at radius 1 is 1.24 bits per heavy atom. The first-order valence-electron chi connectivity index (χ1n) is 5.77. The lowest BCUT2D eigenvalue weighted by molar-refractivity contribution is 0.0999.